The molecule has 0 aromatic rings. The molecular formula is C2H4BF4O2Zn2-. The Labute approximate surface area is 86.3 Å². The summed E-state index contributed by atoms with van der Waals surface area (Å²) in [5, 5.41) is 7.42. The summed E-state index contributed by atoms with van der Waals surface area (Å²) in [6, 6.07) is 0. The molecule has 0 aromatic carbocycles. The van der Waals surface area contributed by atoms with E-state index in [-0.39, 0.29) is 39.0 Å². The molecule has 0 saturated heterocycles. The van der Waals surface area contributed by atoms with Crippen molar-refractivity contribution in [1.82, 2.24) is 0 Å². The van der Waals surface area contributed by atoms with E-state index in [1.165, 1.54) is 0 Å². The average molecular weight is 278 g/mol. The van der Waals surface area contributed by atoms with Gasteiger partial charge in [0.1, 0.15) is 0 Å². The van der Waals surface area contributed by atoms with E-state index in [1.54, 1.807) is 0 Å². The van der Waals surface area contributed by atoms with Crippen molar-refractivity contribution in [2.75, 3.05) is 0 Å². The molecule has 0 aliphatic heterocycles. The third-order valence-corrected chi connectivity index (χ3v) is 0. The number of aliphatic carboxylic acids is 1. The molecule has 0 aliphatic rings. The SMILES string of the molecule is CC(=O)O.F[B-](F)(F)F.[Zn].[Zn]. The molecule has 0 spiro atoms. The Morgan fingerprint density at radius 3 is 1.18 bits per heavy atom. The van der Waals surface area contributed by atoms with Gasteiger partial charge in [0.25, 0.3) is 5.97 Å². The van der Waals surface area contributed by atoms with Crippen molar-refractivity contribution in [2.24, 2.45) is 0 Å². The first-order valence-corrected chi connectivity index (χ1v) is 1.80. The molecule has 0 aromatic heterocycles. The van der Waals surface area contributed by atoms with E-state index >= 15 is 0 Å². The standard InChI is InChI=1S/C2H4O2.BF4.2Zn/c1-2(3)4;2-1(3,4)5;;/h1H3,(H,3,4);;;/q;-1;;. The van der Waals surface area contributed by atoms with Crippen molar-refractivity contribution in [3.05, 3.63) is 0 Å². The minimum atomic E-state index is -6.00. The summed E-state index contributed by atoms with van der Waals surface area (Å²) < 4.78 is 39.0. The number of hydrogen-bond acceptors (Lipinski definition) is 1. The van der Waals surface area contributed by atoms with E-state index in [9.17, 15) is 17.3 Å². The molecule has 0 atom stereocenters. The van der Waals surface area contributed by atoms with Crippen LogP contribution in [-0.4, -0.2) is 18.3 Å². The Morgan fingerprint density at radius 2 is 1.18 bits per heavy atom. The zero-order chi connectivity index (χ0) is 8.08. The third kappa shape index (κ3) is 3020. The van der Waals surface area contributed by atoms with Gasteiger partial charge in [0.2, 0.25) is 0 Å². The molecule has 60 valence electrons. The average Bonchev–Trinajstić information content (AvgIpc) is 1.19. The molecule has 1 N–H and O–H groups in total. The van der Waals surface area contributed by atoms with Gasteiger partial charge in [0.05, 0.1) is 0 Å². The van der Waals surface area contributed by atoms with Crippen molar-refractivity contribution in [3.8, 4) is 0 Å². The summed E-state index contributed by atoms with van der Waals surface area (Å²) in [7, 11) is -6.00. The Hall–Kier alpha value is 0.502. The van der Waals surface area contributed by atoms with Gasteiger partial charge in [-0.1, -0.05) is 0 Å². The number of rotatable bonds is 0. The van der Waals surface area contributed by atoms with Gasteiger partial charge >= 0.3 is 7.25 Å². The van der Waals surface area contributed by atoms with E-state index < -0.39 is 13.2 Å². The molecule has 0 radical (unpaired) electrons. The van der Waals surface area contributed by atoms with Gasteiger partial charge in [-0.2, -0.15) is 0 Å². The minimum absolute atomic E-state index is 0. The second-order valence-electron chi connectivity index (χ2n) is 1.01. The van der Waals surface area contributed by atoms with Crippen molar-refractivity contribution in [1.29, 1.82) is 0 Å². The Bertz CT molecular complexity index is 86.6. The first-order chi connectivity index (χ1) is 3.73. The summed E-state index contributed by atoms with van der Waals surface area (Å²) in [5.41, 5.74) is 0. The van der Waals surface area contributed by atoms with Crippen LogP contribution in [0.2, 0.25) is 0 Å². The van der Waals surface area contributed by atoms with Crippen LogP contribution in [0.3, 0.4) is 0 Å². The van der Waals surface area contributed by atoms with Gasteiger partial charge in [-0.05, 0) is 0 Å². The largest absolute Gasteiger partial charge is 0.673 e. The normalized spacial score (nSPS) is 7.73. The molecular weight excluding hydrogens is 274 g/mol. The molecule has 0 aliphatic carbocycles. The van der Waals surface area contributed by atoms with E-state index in [1.807, 2.05) is 0 Å². The quantitative estimate of drug-likeness (QED) is 0.537. The van der Waals surface area contributed by atoms with E-state index in [2.05, 4.69) is 0 Å². The zero-order valence-electron chi connectivity index (χ0n) is 5.86. The van der Waals surface area contributed by atoms with E-state index in [0.717, 1.165) is 6.92 Å². The smallest absolute Gasteiger partial charge is 0.481 e. The molecule has 0 heterocycles. The molecule has 2 nitrogen and oxygen atoms in total. The fourth-order valence-corrected chi connectivity index (χ4v) is 0. The molecule has 0 bridgehead atoms. The van der Waals surface area contributed by atoms with Crippen LogP contribution in [0, 0.1) is 0 Å². The molecule has 0 fully saturated rings. The van der Waals surface area contributed by atoms with Gasteiger partial charge in [-0.25, -0.2) is 0 Å². The Balaban J connectivity index is -0.0000000383. The molecule has 0 rings (SSSR count). The van der Waals surface area contributed by atoms with Gasteiger partial charge in [0.15, 0.2) is 0 Å². The van der Waals surface area contributed by atoms with Crippen molar-refractivity contribution in [3.63, 3.8) is 0 Å². The fraction of sp³-hybridized carbons (Fsp3) is 0.500. The molecule has 0 unspecified atom stereocenters. The number of halogens is 4. The maximum absolute atomic E-state index is 9.75. The Morgan fingerprint density at radius 1 is 1.18 bits per heavy atom. The van der Waals surface area contributed by atoms with E-state index in [0.29, 0.717) is 0 Å². The maximum atomic E-state index is 9.75. The van der Waals surface area contributed by atoms with Crippen LogP contribution in [0.4, 0.5) is 17.3 Å². The van der Waals surface area contributed by atoms with Crippen LogP contribution in [0.25, 0.3) is 0 Å². The monoisotopic (exact) mass is 275 g/mol. The summed E-state index contributed by atoms with van der Waals surface area (Å²) >= 11 is 0. The third-order valence-electron chi connectivity index (χ3n) is 0. The molecule has 9 heteroatoms. The number of carboxylic acids is 1. The summed E-state index contributed by atoms with van der Waals surface area (Å²) in [5.74, 6) is -0.833. The van der Waals surface area contributed by atoms with Crippen molar-refractivity contribution >= 4 is 13.2 Å². The van der Waals surface area contributed by atoms with Gasteiger partial charge in [-0.15, -0.1) is 0 Å². The molecule has 0 amide bonds. The van der Waals surface area contributed by atoms with Crippen LogP contribution in [0.15, 0.2) is 0 Å². The van der Waals surface area contributed by atoms with Gasteiger partial charge < -0.3 is 22.4 Å². The van der Waals surface area contributed by atoms with Crippen LogP contribution in [0.5, 0.6) is 0 Å². The topological polar surface area (TPSA) is 37.3 Å². The number of hydrogen-bond donors (Lipinski definition) is 1. The zero-order valence-corrected chi connectivity index (χ0v) is 11.8. The summed E-state index contributed by atoms with van der Waals surface area (Å²) in [6.45, 7) is 1.08. The second-order valence-corrected chi connectivity index (χ2v) is 1.01. The summed E-state index contributed by atoms with van der Waals surface area (Å²) in [4.78, 5) is 9.00. The fourth-order valence-electron chi connectivity index (χ4n) is 0. The summed E-state index contributed by atoms with van der Waals surface area (Å²) in [6.07, 6.45) is 0. The number of carbonyl (C=O) groups is 1. The van der Waals surface area contributed by atoms with Crippen LogP contribution >= 0.6 is 0 Å². The van der Waals surface area contributed by atoms with Crippen molar-refractivity contribution in [2.45, 2.75) is 6.92 Å². The first-order valence-electron chi connectivity index (χ1n) is 1.80. The predicted octanol–water partition coefficient (Wildman–Crippen LogP) is 1.39. The first kappa shape index (κ1) is 22.5. The minimum Gasteiger partial charge on any atom is -0.481 e. The number of carboxylic acid groups (broad SMARTS) is 1. The van der Waals surface area contributed by atoms with Crippen LogP contribution < -0.4 is 0 Å². The predicted molar refractivity (Wildman–Crippen MR) is 23.5 cm³/mol. The van der Waals surface area contributed by atoms with Crippen molar-refractivity contribution < 1.29 is 66.1 Å². The second kappa shape index (κ2) is 10.5. The Kier molecular flexibility index (Phi) is 21.5. The molecule has 0 saturated carbocycles. The van der Waals surface area contributed by atoms with Crippen LogP contribution in [0.1, 0.15) is 6.92 Å². The van der Waals surface area contributed by atoms with Gasteiger partial charge in [-0.3, -0.25) is 4.79 Å². The van der Waals surface area contributed by atoms with Crippen LogP contribution in [-0.2, 0) is 43.8 Å². The van der Waals surface area contributed by atoms with Gasteiger partial charge in [0, 0.05) is 45.9 Å². The maximum Gasteiger partial charge on any atom is 0.673 e. The van der Waals surface area contributed by atoms with E-state index in [4.69, 9.17) is 9.90 Å². The molecule has 11 heavy (non-hydrogen) atoms.